The van der Waals surface area contributed by atoms with E-state index in [0.29, 0.717) is 30.8 Å². The first-order chi connectivity index (χ1) is 12.6. The van der Waals surface area contributed by atoms with Crippen LogP contribution >= 0.6 is 11.3 Å². The second-order valence-electron chi connectivity index (χ2n) is 6.66. The highest BCUT2D eigenvalue weighted by atomic mass is 32.1. The average molecular weight is 376 g/mol. The first-order valence-corrected chi connectivity index (χ1v) is 9.67. The lowest BCUT2D eigenvalue weighted by atomic mass is 10.1. The minimum atomic E-state index is 0.0320. The topological polar surface area (TPSA) is 74.0 Å². The molecule has 0 aliphatic carbocycles. The van der Waals surface area contributed by atoms with E-state index in [0.717, 1.165) is 24.2 Å². The Kier molecular flexibility index (Phi) is 6.24. The molecule has 1 saturated heterocycles. The number of rotatable bonds is 7. The Morgan fingerprint density at radius 3 is 2.85 bits per heavy atom. The van der Waals surface area contributed by atoms with Crippen LogP contribution in [0.4, 0.5) is 0 Å². The van der Waals surface area contributed by atoms with Crippen molar-refractivity contribution in [2.24, 2.45) is 0 Å². The molecule has 0 spiro atoms. The van der Waals surface area contributed by atoms with Crippen LogP contribution in [0.5, 0.6) is 0 Å². The average Bonchev–Trinajstić information content (AvgIpc) is 3.28. The largest absolute Gasteiger partial charge is 0.472 e. The van der Waals surface area contributed by atoms with Crippen LogP contribution < -0.4 is 0 Å². The van der Waals surface area contributed by atoms with Crippen LogP contribution in [0.1, 0.15) is 34.1 Å². The Bertz CT molecular complexity index is 741. The number of hydrogen-bond acceptors (Lipinski definition) is 6. The number of Topliss-reactive ketones (excluding diaryl/α,β-unsaturated/α-hetero) is 1. The fourth-order valence-corrected chi connectivity index (χ4v) is 4.12. The Morgan fingerprint density at radius 1 is 1.35 bits per heavy atom. The molecule has 0 saturated carbocycles. The lowest BCUT2D eigenvalue weighted by Crippen LogP contribution is -2.54. The van der Waals surface area contributed by atoms with Gasteiger partial charge in [-0.3, -0.25) is 14.5 Å². The number of amides is 1. The highest BCUT2D eigenvalue weighted by Crippen LogP contribution is 2.20. The van der Waals surface area contributed by atoms with Gasteiger partial charge in [0.2, 0.25) is 5.91 Å². The van der Waals surface area contributed by atoms with Gasteiger partial charge in [-0.05, 0) is 36.4 Å². The predicted molar refractivity (Wildman–Crippen MR) is 99.2 cm³/mol. The van der Waals surface area contributed by atoms with E-state index in [2.05, 4.69) is 4.90 Å². The summed E-state index contributed by atoms with van der Waals surface area (Å²) in [5.41, 5.74) is 1.99. The number of piperazine rings is 1. The molecule has 1 aliphatic rings. The molecule has 140 valence electrons. The van der Waals surface area contributed by atoms with Crippen LogP contribution in [0.2, 0.25) is 0 Å². The van der Waals surface area contributed by atoms with Gasteiger partial charge in [-0.25, -0.2) is 0 Å². The summed E-state index contributed by atoms with van der Waals surface area (Å²) in [5.74, 6) is 0.105. The van der Waals surface area contributed by atoms with Crippen molar-refractivity contribution in [2.75, 3.05) is 26.2 Å². The summed E-state index contributed by atoms with van der Waals surface area (Å²) in [6.45, 7) is 4.44. The van der Waals surface area contributed by atoms with Crippen molar-refractivity contribution in [1.82, 2.24) is 9.80 Å². The molecule has 0 aromatic carbocycles. The van der Waals surface area contributed by atoms with Gasteiger partial charge in [0.1, 0.15) is 0 Å². The van der Waals surface area contributed by atoms with E-state index in [4.69, 9.17) is 4.42 Å². The third-order valence-electron chi connectivity index (χ3n) is 4.74. The highest BCUT2D eigenvalue weighted by Gasteiger charge is 2.29. The molecule has 2 aromatic heterocycles. The second kappa shape index (κ2) is 8.62. The molecule has 7 heteroatoms. The number of carbonyl (C=O) groups excluding carboxylic acids is 2. The van der Waals surface area contributed by atoms with Crippen LogP contribution in [-0.4, -0.2) is 58.9 Å². The summed E-state index contributed by atoms with van der Waals surface area (Å²) >= 11 is 1.39. The fraction of sp³-hybridized carbons (Fsp3) is 0.474. The van der Waals surface area contributed by atoms with Crippen molar-refractivity contribution in [3.05, 3.63) is 46.0 Å². The molecule has 0 unspecified atom stereocenters. The third kappa shape index (κ3) is 4.60. The van der Waals surface area contributed by atoms with Gasteiger partial charge in [-0.1, -0.05) is 0 Å². The summed E-state index contributed by atoms with van der Waals surface area (Å²) in [6.07, 6.45) is 4.34. The molecule has 2 aromatic rings. The molecule has 3 rings (SSSR count). The molecular weight excluding hydrogens is 352 g/mol. The summed E-state index contributed by atoms with van der Waals surface area (Å²) in [5, 5.41) is 11.3. The van der Waals surface area contributed by atoms with Gasteiger partial charge in [0.05, 0.1) is 23.8 Å². The molecular formula is C19H24N2O4S. The van der Waals surface area contributed by atoms with Crippen LogP contribution in [0.3, 0.4) is 0 Å². The van der Waals surface area contributed by atoms with E-state index in [9.17, 15) is 14.7 Å². The monoisotopic (exact) mass is 376 g/mol. The van der Waals surface area contributed by atoms with E-state index in [1.54, 1.807) is 12.5 Å². The minimum Gasteiger partial charge on any atom is -0.472 e. The van der Waals surface area contributed by atoms with Gasteiger partial charge >= 0.3 is 0 Å². The molecule has 6 nitrogen and oxygen atoms in total. The zero-order valence-corrected chi connectivity index (χ0v) is 15.7. The van der Waals surface area contributed by atoms with E-state index in [1.165, 1.54) is 18.3 Å². The van der Waals surface area contributed by atoms with Crippen molar-refractivity contribution in [1.29, 1.82) is 0 Å². The number of furan rings is 1. The van der Waals surface area contributed by atoms with Gasteiger partial charge in [-0.2, -0.15) is 0 Å². The molecule has 1 N–H and O–H groups in total. The number of hydrogen-bond donors (Lipinski definition) is 1. The van der Waals surface area contributed by atoms with Crippen LogP contribution in [0.25, 0.3) is 0 Å². The van der Waals surface area contributed by atoms with Crippen LogP contribution in [0.15, 0.2) is 34.5 Å². The number of aliphatic hydroxyl groups excluding tert-OH is 1. The standard InChI is InChI=1S/C19H24N2O4S/c1-14(23)18-8-16(13-26-18)9-19(24)21-5-4-20(17(11-21)2-6-22)10-15-3-7-25-12-15/h3,7-8,12-13,17,22H,2,4-6,9-11H2,1H3/t17-/m0/s1. The molecule has 1 aliphatic heterocycles. The first kappa shape index (κ1) is 18.8. The Morgan fingerprint density at radius 2 is 2.19 bits per heavy atom. The van der Waals surface area contributed by atoms with Gasteiger partial charge in [0, 0.05) is 44.4 Å². The Hall–Kier alpha value is -1.96. The lowest BCUT2D eigenvalue weighted by molar-refractivity contribution is -0.133. The zero-order chi connectivity index (χ0) is 18.5. The van der Waals surface area contributed by atoms with Crippen molar-refractivity contribution in [3.63, 3.8) is 0 Å². The maximum atomic E-state index is 12.7. The minimum absolute atomic E-state index is 0.0320. The van der Waals surface area contributed by atoms with Gasteiger partial charge in [0.15, 0.2) is 5.78 Å². The third-order valence-corrected chi connectivity index (χ3v) is 5.82. The molecule has 3 heterocycles. The summed E-state index contributed by atoms with van der Waals surface area (Å²) in [6, 6.07) is 3.88. The van der Waals surface area contributed by atoms with Gasteiger partial charge < -0.3 is 14.4 Å². The van der Waals surface area contributed by atoms with Crippen molar-refractivity contribution < 1.29 is 19.1 Å². The fourth-order valence-electron chi connectivity index (χ4n) is 3.31. The number of nitrogens with zero attached hydrogens (tertiary/aromatic N) is 2. The molecule has 1 amide bonds. The summed E-state index contributed by atoms with van der Waals surface area (Å²) < 4.78 is 5.13. The first-order valence-electron chi connectivity index (χ1n) is 8.79. The number of ketones is 1. The lowest BCUT2D eigenvalue weighted by Gasteiger charge is -2.41. The zero-order valence-electron chi connectivity index (χ0n) is 14.9. The Labute approximate surface area is 157 Å². The predicted octanol–water partition coefficient (Wildman–Crippen LogP) is 2.18. The number of thiophene rings is 1. The van der Waals surface area contributed by atoms with Crippen molar-refractivity contribution in [3.8, 4) is 0 Å². The van der Waals surface area contributed by atoms with E-state index >= 15 is 0 Å². The molecule has 1 atom stereocenters. The summed E-state index contributed by atoms with van der Waals surface area (Å²) in [7, 11) is 0. The number of carbonyl (C=O) groups is 2. The summed E-state index contributed by atoms with van der Waals surface area (Å²) in [4.78, 5) is 28.9. The molecule has 26 heavy (non-hydrogen) atoms. The van der Waals surface area contributed by atoms with E-state index < -0.39 is 0 Å². The maximum Gasteiger partial charge on any atom is 0.227 e. The quantitative estimate of drug-likeness (QED) is 0.750. The van der Waals surface area contributed by atoms with Gasteiger partial charge in [-0.15, -0.1) is 11.3 Å². The molecule has 0 bridgehead atoms. The highest BCUT2D eigenvalue weighted by molar-refractivity contribution is 7.12. The smallest absolute Gasteiger partial charge is 0.227 e. The molecule has 0 radical (unpaired) electrons. The Balaban J connectivity index is 1.60. The van der Waals surface area contributed by atoms with Gasteiger partial charge in [0.25, 0.3) is 0 Å². The van der Waals surface area contributed by atoms with Crippen molar-refractivity contribution >= 4 is 23.0 Å². The van der Waals surface area contributed by atoms with Crippen LogP contribution in [0, 0.1) is 0 Å². The number of aliphatic hydroxyl groups is 1. The maximum absolute atomic E-state index is 12.7. The van der Waals surface area contributed by atoms with Crippen LogP contribution in [-0.2, 0) is 17.8 Å². The van der Waals surface area contributed by atoms with E-state index in [-0.39, 0.29) is 24.3 Å². The second-order valence-corrected chi connectivity index (χ2v) is 7.57. The molecule has 1 fully saturated rings. The van der Waals surface area contributed by atoms with E-state index in [1.807, 2.05) is 22.4 Å². The normalized spacial score (nSPS) is 18.2. The van der Waals surface area contributed by atoms with Crippen molar-refractivity contribution in [2.45, 2.75) is 32.4 Å². The SMILES string of the molecule is CC(=O)c1cc(CC(=O)N2CCN(Cc3ccoc3)[C@@H](CCO)C2)cs1.